The highest BCUT2D eigenvalue weighted by Crippen LogP contribution is 2.27. The Bertz CT molecular complexity index is 865. The molecule has 0 saturated carbocycles. The molecule has 0 aliphatic carbocycles. The number of aryl methyl sites for hydroxylation is 2. The van der Waals surface area contributed by atoms with Crippen molar-refractivity contribution in [1.29, 1.82) is 0 Å². The van der Waals surface area contributed by atoms with Gasteiger partial charge in [0.2, 0.25) is 0 Å². The van der Waals surface area contributed by atoms with Gasteiger partial charge in [0.1, 0.15) is 5.82 Å². The molecule has 0 saturated heterocycles. The summed E-state index contributed by atoms with van der Waals surface area (Å²) in [5.74, 6) is -0.874. The highest BCUT2D eigenvalue weighted by Gasteiger charge is 2.20. The maximum absolute atomic E-state index is 14.2. The fraction of sp³-hybridized carbons (Fsp3) is 0.118. The Morgan fingerprint density at radius 1 is 1.14 bits per heavy atom. The zero-order chi connectivity index (χ0) is 15.1. The van der Waals surface area contributed by atoms with Crippen molar-refractivity contribution < 1.29 is 9.18 Å². The van der Waals surface area contributed by atoms with E-state index in [2.05, 4.69) is 4.98 Å². The Morgan fingerprint density at radius 2 is 1.90 bits per heavy atom. The molecule has 0 aliphatic heterocycles. The van der Waals surface area contributed by atoms with Gasteiger partial charge in [-0.05, 0) is 43.2 Å². The Labute approximate surface area is 121 Å². The maximum atomic E-state index is 14.2. The van der Waals surface area contributed by atoms with Gasteiger partial charge in [-0.15, -0.1) is 0 Å². The van der Waals surface area contributed by atoms with Crippen LogP contribution in [0.15, 0.2) is 36.5 Å². The van der Waals surface area contributed by atoms with E-state index in [-0.39, 0.29) is 11.3 Å². The Kier molecular flexibility index (Phi) is 3.01. The lowest BCUT2D eigenvalue weighted by Crippen LogP contribution is -2.06. The van der Waals surface area contributed by atoms with Crippen LogP contribution in [0.4, 0.5) is 10.1 Å². The van der Waals surface area contributed by atoms with Crippen LogP contribution in [0.3, 0.4) is 0 Å². The minimum absolute atomic E-state index is 0.0108. The number of nitrogens with one attached hydrogen (secondary N) is 1. The van der Waals surface area contributed by atoms with Crippen LogP contribution in [0.1, 0.15) is 27.0 Å². The molecule has 0 amide bonds. The molecule has 0 spiro atoms. The number of nitrogen functional groups attached to an aromatic ring is 1. The normalized spacial score (nSPS) is 11.0. The summed E-state index contributed by atoms with van der Waals surface area (Å²) in [6, 6.07) is 8.63. The number of nitrogens with two attached hydrogens (primary N) is 1. The summed E-state index contributed by atoms with van der Waals surface area (Å²) in [6.45, 7) is 3.52. The fourth-order valence-corrected chi connectivity index (χ4v) is 2.65. The summed E-state index contributed by atoms with van der Waals surface area (Å²) < 4.78 is 14.2. The molecule has 3 nitrogen and oxygen atoms in total. The molecule has 2 aromatic carbocycles. The molecular formula is C17H15FN2O. The molecule has 0 fully saturated rings. The van der Waals surface area contributed by atoms with E-state index >= 15 is 0 Å². The number of hydrogen-bond donors (Lipinski definition) is 2. The van der Waals surface area contributed by atoms with Gasteiger partial charge in [0.15, 0.2) is 5.78 Å². The third-order valence-corrected chi connectivity index (χ3v) is 3.68. The SMILES string of the molecule is Cc1cc(N)cc(C(=O)c2c[nH]c3cccc(C)c23)c1F. The lowest BCUT2D eigenvalue weighted by molar-refractivity contribution is 0.103. The first kappa shape index (κ1) is 13.4. The zero-order valence-electron chi connectivity index (χ0n) is 11.8. The van der Waals surface area contributed by atoms with E-state index in [4.69, 9.17) is 5.73 Å². The average molecular weight is 282 g/mol. The molecule has 1 heterocycles. The van der Waals surface area contributed by atoms with Crippen molar-refractivity contribution in [3.8, 4) is 0 Å². The standard InChI is InChI=1S/C17H15FN2O/c1-9-4-3-5-14-15(9)13(8-20-14)17(21)12-7-11(19)6-10(2)16(12)18/h3-8,20H,19H2,1-2H3. The van der Waals surface area contributed by atoms with Crippen molar-refractivity contribution in [2.45, 2.75) is 13.8 Å². The fourth-order valence-electron chi connectivity index (χ4n) is 2.65. The number of halogens is 1. The Morgan fingerprint density at radius 3 is 2.67 bits per heavy atom. The smallest absolute Gasteiger partial charge is 0.198 e. The second-order valence-electron chi connectivity index (χ2n) is 5.23. The first-order chi connectivity index (χ1) is 9.99. The van der Waals surface area contributed by atoms with E-state index in [9.17, 15) is 9.18 Å². The summed E-state index contributed by atoms with van der Waals surface area (Å²) in [4.78, 5) is 15.7. The van der Waals surface area contributed by atoms with Crippen LogP contribution >= 0.6 is 0 Å². The molecule has 0 unspecified atom stereocenters. The zero-order valence-corrected chi connectivity index (χ0v) is 11.8. The van der Waals surface area contributed by atoms with Gasteiger partial charge in [0.05, 0.1) is 5.56 Å². The number of rotatable bonds is 2. The first-order valence-electron chi connectivity index (χ1n) is 6.66. The lowest BCUT2D eigenvalue weighted by atomic mass is 9.98. The van der Waals surface area contributed by atoms with E-state index < -0.39 is 5.82 Å². The van der Waals surface area contributed by atoms with Crippen LogP contribution in [-0.2, 0) is 0 Å². The third-order valence-electron chi connectivity index (χ3n) is 3.68. The van der Waals surface area contributed by atoms with Gasteiger partial charge >= 0.3 is 0 Å². The number of fused-ring (bicyclic) bond motifs is 1. The molecule has 3 N–H and O–H groups in total. The summed E-state index contributed by atoms with van der Waals surface area (Å²) in [5.41, 5.74) is 8.80. The third kappa shape index (κ3) is 2.09. The summed E-state index contributed by atoms with van der Waals surface area (Å²) in [7, 11) is 0. The van der Waals surface area contributed by atoms with E-state index in [1.165, 1.54) is 12.1 Å². The van der Waals surface area contributed by atoms with Gasteiger partial charge in [0.25, 0.3) is 0 Å². The topological polar surface area (TPSA) is 58.9 Å². The highest BCUT2D eigenvalue weighted by molar-refractivity contribution is 6.17. The van der Waals surface area contributed by atoms with Crippen molar-refractivity contribution in [3.05, 3.63) is 64.6 Å². The number of aromatic nitrogens is 1. The second kappa shape index (κ2) is 4.74. The number of hydrogen-bond acceptors (Lipinski definition) is 2. The molecule has 21 heavy (non-hydrogen) atoms. The second-order valence-corrected chi connectivity index (χ2v) is 5.23. The van der Waals surface area contributed by atoms with Gasteiger partial charge < -0.3 is 10.7 Å². The Hall–Kier alpha value is -2.62. The predicted octanol–water partition coefficient (Wildman–Crippen LogP) is 3.74. The van der Waals surface area contributed by atoms with Crippen LogP contribution in [0.25, 0.3) is 10.9 Å². The number of anilines is 1. The summed E-state index contributed by atoms with van der Waals surface area (Å²) >= 11 is 0. The molecule has 0 radical (unpaired) electrons. The van der Waals surface area contributed by atoms with E-state index in [1.54, 1.807) is 13.1 Å². The van der Waals surface area contributed by atoms with E-state index in [0.29, 0.717) is 16.8 Å². The molecular weight excluding hydrogens is 267 g/mol. The minimum Gasteiger partial charge on any atom is -0.399 e. The monoisotopic (exact) mass is 282 g/mol. The minimum atomic E-state index is -0.517. The number of aromatic amines is 1. The van der Waals surface area contributed by atoms with Gasteiger partial charge in [-0.25, -0.2) is 4.39 Å². The van der Waals surface area contributed by atoms with Crippen LogP contribution in [-0.4, -0.2) is 10.8 Å². The van der Waals surface area contributed by atoms with Gasteiger partial charge in [-0.1, -0.05) is 12.1 Å². The molecule has 1 aromatic heterocycles. The van der Waals surface area contributed by atoms with Crippen molar-refractivity contribution >= 4 is 22.4 Å². The van der Waals surface area contributed by atoms with Gasteiger partial charge in [-0.2, -0.15) is 0 Å². The van der Waals surface area contributed by atoms with Crippen molar-refractivity contribution in [1.82, 2.24) is 4.98 Å². The average Bonchev–Trinajstić information content (AvgIpc) is 2.87. The maximum Gasteiger partial charge on any atom is 0.198 e. The number of benzene rings is 2. The molecule has 0 aliphatic rings. The van der Waals surface area contributed by atoms with Crippen LogP contribution in [0, 0.1) is 19.7 Å². The van der Waals surface area contributed by atoms with Crippen LogP contribution in [0.5, 0.6) is 0 Å². The molecule has 106 valence electrons. The van der Waals surface area contributed by atoms with E-state index in [1.807, 2.05) is 25.1 Å². The summed E-state index contributed by atoms with van der Waals surface area (Å²) in [6.07, 6.45) is 1.62. The van der Waals surface area contributed by atoms with Crippen LogP contribution < -0.4 is 5.73 Å². The summed E-state index contributed by atoms with van der Waals surface area (Å²) in [5, 5.41) is 0.821. The van der Waals surface area contributed by atoms with E-state index in [0.717, 1.165) is 16.5 Å². The van der Waals surface area contributed by atoms with Crippen molar-refractivity contribution in [3.63, 3.8) is 0 Å². The van der Waals surface area contributed by atoms with Crippen LogP contribution in [0.2, 0.25) is 0 Å². The van der Waals surface area contributed by atoms with Crippen molar-refractivity contribution in [2.75, 3.05) is 5.73 Å². The molecule has 4 heteroatoms. The lowest BCUT2D eigenvalue weighted by Gasteiger charge is -2.07. The molecule has 0 atom stereocenters. The molecule has 3 aromatic rings. The number of carbonyl (C=O) groups is 1. The number of ketones is 1. The largest absolute Gasteiger partial charge is 0.399 e. The van der Waals surface area contributed by atoms with Gasteiger partial charge in [-0.3, -0.25) is 4.79 Å². The Balaban J connectivity index is 2.22. The first-order valence-corrected chi connectivity index (χ1v) is 6.66. The number of carbonyl (C=O) groups excluding carboxylic acids is 1. The molecule has 3 rings (SSSR count). The van der Waals surface area contributed by atoms with Gasteiger partial charge in [0, 0.05) is 28.4 Å². The predicted molar refractivity (Wildman–Crippen MR) is 82.0 cm³/mol. The number of H-pyrrole nitrogens is 1. The molecule has 0 bridgehead atoms. The quantitative estimate of drug-likeness (QED) is 0.555. The highest BCUT2D eigenvalue weighted by atomic mass is 19.1. The van der Waals surface area contributed by atoms with Crippen molar-refractivity contribution in [2.24, 2.45) is 0 Å².